The second-order valence-electron chi connectivity index (χ2n) is 13.5. The van der Waals surface area contributed by atoms with Crippen LogP contribution in [-0.4, -0.2) is 145 Å². The van der Waals surface area contributed by atoms with Crippen molar-refractivity contribution >= 4 is 35.6 Å². The standard InChI is InChI=1S/C36H38F2N6O14S/c37-19-5-1-3-17(11-19)21-13-43(41-39-21)29-31(51)23(15-55-27(49)9-7-25(45)46)57-35(33(29)53)59-36-34(54)30(32(52)24(58-36)16-56-28(50)10-8-26(47)48)44-14-22(40-42-44)18-4-2-6-20(38)12-18/h1-6,11-14,23-24,29-36,51-54H,7-10,15-16H2,(H,45,46)(H,47,48)/t23-,24-,29+,30+,31+,32+,33-,34-,35+,36+/m1/s1. The summed E-state index contributed by atoms with van der Waals surface area (Å²) < 4.78 is 52.7. The van der Waals surface area contributed by atoms with Crippen molar-refractivity contribution in [3.8, 4) is 22.5 Å². The van der Waals surface area contributed by atoms with Crippen molar-refractivity contribution < 1.29 is 77.5 Å². The SMILES string of the molecule is O=C(O)CCC(=O)OC[C@H]1O[C@@H](S[C@@H]2O[C@H](COC(=O)CCC(=O)O)[C@H](O)[C@H](n3cc(-c4cccc(F)c4)nn3)[C@H]2O)[C@H](O)[C@@H](n2cc(-c3cccc(F)c3)nn2)[C@H]1O. The van der Waals surface area contributed by atoms with Crippen LogP contribution in [-0.2, 0) is 38.1 Å². The molecule has 6 rings (SSSR count). The molecule has 2 aliphatic rings. The van der Waals surface area contributed by atoms with Gasteiger partial charge in [-0.05, 0) is 24.3 Å². The Morgan fingerprint density at radius 1 is 0.644 bits per heavy atom. The van der Waals surface area contributed by atoms with Gasteiger partial charge in [-0.2, -0.15) is 0 Å². The predicted molar refractivity (Wildman–Crippen MR) is 194 cm³/mol. The number of benzene rings is 2. The first kappa shape index (κ1) is 43.2. The highest BCUT2D eigenvalue weighted by Gasteiger charge is 2.52. The maximum atomic E-state index is 14.0. The highest BCUT2D eigenvalue weighted by Crippen LogP contribution is 2.42. The molecule has 2 aromatic heterocycles. The van der Waals surface area contributed by atoms with Crippen LogP contribution in [0.15, 0.2) is 60.9 Å². The Morgan fingerprint density at radius 2 is 1.05 bits per heavy atom. The van der Waals surface area contributed by atoms with Crippen LogP contribution in [0.5, 0.6) is 0 Å². The van der Waals surface area contributed by atoms with E-state index in [2.05, 4.69) is 20.6 Å². The molecule has 0 bridgehead atoms. The first-order valence-corrected chi connectivity index (χ1v) is 18.9. The van der Waals surface area contributed by atoms with Crippen molar-refractivity contribution in [3.63, 3.8) is 0 Å². The molecule has 23 heteroatoms. The normalized spacial score (nSPS) is 26.9. The van der Waals surface area contributed by atoms with E-state index in [0.717, 1.165) is 9.36 Å². The second kappa shape index (κ2) is 19.1. The van der Waals surface area contributed by atoms with E-state index >= 15 is 0 Å². The summed E-state index contributed by atoms with van der Waals surface area (Å²) >= 11 is 0.648. The van der Waals surface area contributed by atoms with E-state index in [0.29, 0.717) is 22.9 Å². The Labute approximate surface area is 336 Å². The summed E-state index contributed by atoms with van der Waals surface area (Å²) in [7, 11) is 0. The number of nitrogens with zero attached hydrogens (tertiary/aromatic N) is 6. The van der Waals surface area contributed by atoms with Gasteiger partial charge in [0.1, 0.15) is 95.8 Å². The molecule has 0 amide bonds. The van der Waals surface area contributed by atoms with E-state index in [9.17, 15) is 48.4 Å². The minimum absolute atomic E-state index is 0.158. The molecule has 0 spiro atoms. The Balaban J connectivity index is 1.29. The average Bonchev–Trinajstić information content (AvgIpc) is 3.89. The van der Waals surface area contributed by atoms with Crippen LogP contribution in [0.4, 0.5) is 8.78 Å². The summed E-state index contributed by atoms with van der Waals surface area (Å²) in [5.41, 5.74) is -2.00. The van der Waals surface area contributed by atoms with Gasteiger partial charge < -0.3 is 49.6 Å². The van der Waals surface area contributed by atoms with Crippen LogP contribution in [0.3, 0.4) is 0 Å². The molecular formula is C36H38F2N6O14S. The summed E-state index contributed by atoms with van der Waals surface area (Å²) in [6.07, 6.45) is -9.04. The van der Waals surface area contributed by atoms with Crippen molar-refractivity contribution in [2.75, 3.05) is 13.2 Å². The number of carbonyl (C=O) groups excluding carboxylic acids is 2. The number of ether oxygens (including phenoxy) is 4. The lowest BCUT2D eigenvalue weighted by Crippen LogP contribution is -2.58. The van der Waals surface area contributed by atoms with Crippen LogP contribution >= 0.6 is 11.8 Å². The van der Waals surface area contributed by atoms with Crippen molar-refractivity contribution in [3.05, 3.63) is 72.6 Å². The topological polar surface area (TPSA) is 288 Å². The number of carboxylic acids is 2. The zero-order valence-electron chi connectivity index (χ0n) is 30.6. The van der Waals surface area contributed by atoms with Gasteiger partial charge in [0.05, 0.1) is 38.1 Å². The molecule has 20 nitrogen and oxygen atoms in total. The molecule has 0 unspecified atom stereocenters. The van der Waals surface area contributed by atoms with Gasteiger partial charge in [-0.25, -0.2) is 18.1 Å². The number of aliphatic carboxylic acids is 2. The quantitative estimate of drug-likeness (QED) is 0.0846. The predicted octanol–water partition coefficient (Wildman–Crippen LogP) is 0.707. The third-order valence-electron chi connectivity index (χ3n) is 9.38. The fourth-order valence-corrected chi connectivity index (χ4v) is 7.73. The average molecular weight is 849 g/mol. The summed E-state index contributed by atoms with van der Waals surface area (Å²) in [6, 6.07) is 7.98. The largest absolute Gasteiger partial charge is 0.481 e. The molecule has 0 aliphatic carbocycles. The Morgan fingerprint density at radius 3 is 1.42 bits per heavy atom. The number of carboxylic acid groups (broad SMARTS) is 2. The summed E-state index contributed by atoms with van der Waals surface area (Å²) in [5.74, 6) is -5.51. The van der Waals surface area contributed by atoms with Crippen LogP contribution in [0, 0.1) is 11.6 Å². The van der Waals surface area contributed by atoms with Crippen molar-refractivity contribution in [1.82, 2.24) is 30.0 Å². The first-order valence-electron chi connectivity index (χ1n) is 18.0. The Bertz CT molecular complexity index is 1980. The molecule has 4 heterocycles. The Kier molecular flexibility index (Phi) is 14.0. The number of carbonyl (C=O) groups is 4. The van der Waals surface area contributed by atoms with E-state index in [-0.39, 0.29) is 11.4 Å². The second-order valence-corrected chi connectivity index (χ2v) is 14.7. The zero-order chi connectivity index (χ0) is 42.4. The van der Waals surface area contributed by atoms with E-state index in [4.69, 9.17) is 29.2 Å². The molecule has 2 saturated heterocycles. The summed E-state index contributed by atoms with van der Waals surface area (Å²) in [6.45, 7) is -1.28. The fourth-order valence-electron chi connectivity index (χ4n) is 6.41. The Hall–Kier alpha value is -5.43. The van der Waals surface area contributed by atoms with Gasteiger partial charge in [-0.3, -0.25) is 19.2 Å². The molecule has 59 heavy (non-hydrogen) atoms. The smallest absolute Gasteiger partial charge is 0.306 e. The first-order chi connectivity index (χ1) is 28.2. The lowest BCUT2D eigenvalue weighted by molar-refractivity contribution is -0.196. The number of hydrogen-bond acceptors (Lipinski definition) is 17. The number of halogens is 2. The van der Waals surface area contributed by atoms with Crippen LogP contribution in [0.25, 0.3) is 22.5 Å². The molecule has 4 aromatic rings. The number of thioether (sulfide) groups is 1. The third-order valence-corrected chi connectivity index (χ3v) is 10.7. The number of esters is 2. The van der Waals surface area contributed by atoms with Gasteiger partial charge >= 0.3 is 23.9 Å². The minimum Gasteiger partial charge on any atom is -0.481 e. The summed E-state index contributed by atoms with van der Waals surface area (Å²) in [5, 5.41) is 80.6. The molecule has 10 atom stereocenters. The molecule has 2 fully saturated rings. The van der Waals surface area contributed by atoms with Gasteiger partial charge in [-0.1, -0.05) is 46.5 Å². The minimum atomic E-state index is -1.71. The monoisotopic (exact) mass is 848 g/mol. The summed E-state index contributed by atoms with van der Waals surface area (Å²) in [4.78, 5) is 46.7. The van der Waals surface area contributed by atoms with Crippen LogP contribution in [0.2, 0.25) is 0 Å². The number of aromatic nitrogens is 6. The van der Waals surface area contributed by atoms with E-state index in [1.54, 1.807) is 12.1 Å². The molecule has 316 valence electrons. The van der Waals surface area contributed by atoms with Gasteiger partial charge in [0.2, 0.25) is 0 Å². The van der Waals surface area contributed by atoms with Crippen molar-refractivity contribution in [2.45, 2.75) is 85.3 Å². The molecule has 0 radical (unpaired) electrons. The number of aliphatic hydroxyl groups excluding tert-OH is 4. The van der Waals surface area contributed by atoms with Gasteiger partial charge in [0.15, 0.2) is 0 Å². The van der Waals surface area contributed by atoms with Crippen LogP contribution < -0.4 is 0 Å². The lowest BCUT2D eigenvalue weighted by Gasteiger charge is -2.46. The van der Waals surface area contributed by atoms with Gasteiger partial charge in [0, 0.05) is 11.1 Å². The van der Waals surface area contributed by atoms with Crippen molar-refractivity contribution in [2.24, 2.45) is 0 Å². The van der Waals surface area contributed by atoms with E-state index < -0.39 is 134 Å². The van der Waals surface area contributed by atoms with Gasteiger partial charge in [-0.15, -0.1) is 10.2 Å². The fraction of sp³-hybridized carbons (Fsp3) is 0.444. The molecular weight excluding hydrogens is 810 g/mol. The highest BCUT2D eigenvalue weighted by atomic mass is 32.2. The highest BCUT2D eigenvalue weighted by molar-refractivity contribution is 8.00. The maximum absolute atomic E-state index is 14.0. The van der Waals surface area contributed by atoms with Crippen LogP contribution in [0.1, 0.15) is 37.8 Å². The number of hydrogen-bond donors (Lipinski definition) is 6. The molecule has 2 aromatic carbocycles. The molecule has 0 saturated carbocycles. The van der Waals surface area contributed by atoms with Gasteiger partial charge in [0.25, 0.3) is 0 Å². The third kappa shape index (κ3) is 10.6. The lowest BCUT2D eigenvalue weighted by atomic mass is 9.97. The zero-order valence-corrected chi connectivity index (χ0v) is 31.4. The number of aliphatic hydroxyl groups is 4. The molecule has 6 N–H and O–H groups in total. The van der Waals surface area contributed by atoms with E-state index in [1.165, 1.54) is 48.8 Å². The van der Waals surface area contributed by atoms with Crippen molar-refractivity contribution in [1.29, 1.82) is 0 Å². The van der Waals surface area contributed by atoms with E-state index in [1.807, 2.05) is 0 Å². The molecule has 2 aliphatic heterocycles. The maximum Gasteiger partial charge on any atom is 0.306 e. The number of rotatable bonds is 16.